The van der Waals surface area contributed by atoms with Crippen LogP contribution in [0.15, 0.2) is 18.2 Å². The van der Waals surface area contributed by atoms with Gasteiger partial charge in [-0.05, 0) is 32.4 Å². The summed E-state index contributed by atoms with van der Waals surface area (Å²) in [5.41, 5.74) is 0.582. The number of hydrogen-bond donors (Lipinski definition) is 0. The molecule has 1 aliphatic rings. The zero-order chi connectivity index (χ0) is 16.0. The number of anilines is 1. The molecule has 0 aromatic heterocycles. The predicted molar refractivity (Wildman–Crippen MR) is 79.7 cm³/mol. The molecule has 0 saturated heterocycles. The van der Waals surface area contributed by atoms with Gasteiger partial charge < -0.3 is 4.74 Å². The molecule has 1 heterocycles. The molecule has 0 atom stereocenters. The fraction of sp³-hybridized carbons (Fsp3) is 0.533. The first-order chi connectivity index (χ1) is 9.51. The van der Waals surface area contributed by atoms with E-state index in [9.17, 15) is 14.9 Å². The molecule has 21 heavy (non-hydrogen) atoms. The Hall–Kier alpha value is -2.11. The lowest BCUT2D eigenvalue weighted by atomic mass is 9.87. The van der Waals surface area contributed by atoms with E-state index in [0.29, 0.717) is 12.2 Å². The van der Waals surface area contributed by atoms with Crippen LogP contribution in [0.1, 0.15) is 40.2 Å². The molecule has 6 nitrogen and oxygen atoms in total. The molecule has 114 valence electrons. The zero-order valence-corrected chi connectivity index (χ0v) is 13.0. The van der Waals surface area contributed by atoms with Crippen LogP contribution in [-0.2, 0) is 10.2 Å². The van der Waals surface area contributed by atoms with Crippen LogP contribution in [0.2, 0.25) is 0 Å². The number of nitrogens with zero attached hydrogens (tertiary/aromatic N) is 2. The van der Waals surface area contributed by atoms with Crippen molar-refractivity contribution < 1.29 is 14.5 Å². The molecule has 0 spiro atoms. The summed E-state index contributed by atoms with van der Waals surface area (Å²) < 4.78 is 5.40. The molecular weight excluding hydrogens is 272 g/mol. The maximum Gasteiger partial charge on any atom is 0.414 e. The second kappa shape index (κ2) is 4.72. The molecule has 2 rings (SSSR count). The molecule has 1 amide bonds. The smallest absolute Gasteiger partial charge is 0.414 e. The molecule has 0 unspecified atom stereocenters. The van der Waals surface area contributed by atoms with Gasteiger partial charge in [0.2, 0.25) is 0 Å². The number of carbonyl (C=O) groups excluding carboxylic acids is 1. The third kappa shape index (κ3) is 2.99. The highest BCUT2D eigenvalue weighted by Gasteiger charge is 2.40. The number of fused-ring (bicyclic) bond motifs is 1. The van der Waals surface area contributed by atoms with Crippen LogP contribution in [0.4, 0.5) is 16.2 Å². The second-order valence-electron chi connectivity index (χ2n) is 6.91. The van der Waals surface area contributed by atoms with Gasteiger partial charge in [-0.25, -0.2) is 4.79 Å². The summed E-state index contributed by atoms with van der Waals surface area (Å²) >= 11 is 0. The number of rotatable bonds is 1. The number of non-ortho nitro benzene ring substituents is 1. The summed E-state index contributed by atoms with van der Waals surface area (Å²) in [6.07, 6.45) is -0.428. The summed E-state index contributed by atoms with van der Waals surface area (Å²) in [4.78, 5) is 24.3. The first-order valence-corrected chi connectivity index (χ1v) is 6.81. The van der Waals surface area contributed by atoms with Crippen LogP contribution in [-0.4, -0.2) is 23.2 Å². The average Bonchev–Trinajstić information content (AvgIpc) is 2.59. The normalized spacial score (nSPS) is 16.5. The van der Waals surface area contributed by atoms with Gasteiger partial charge in [-0.15, -0.1) is 0 Å². The zero-order valence-electron chi connectivity index (χ0n) is 13.0. The first-order valence-electron chi connectivity index (χ1n) is 6.81. The molecule has 0 fully saturated rings. The van der Waals surface area contributed by atoms with E-state index in [2.05, 4.69) is 0 Å². The topological polar surface area (TPSA) is 72.7 Å². The van der Waals surface area contributed by atoms with Crippen LogP contribution in [0.3, 0.4) is 0 Å². The van der Waals surface area contributed by atoms with Gasteiger partial charge in [-0.3, -0.25) is 15.0 Å². The van der Waals surface area contributed by atoms with Crippen LogP contribution in [0.25, 0.3) is 0 Å². The number of nitro groups is 1. The van der Waals surface area contributed by atoms with Gasteiger partial charge in [0.05, 0.1) is 10.6 Å². The molecule has 0 N–H and O–H groups in total. The van der Waals surface area contributed by atoms with Crippen molar-refractivity contribution >= 4 is 17.5 Å². The van der Waals surface area contributed by atoms with Crippen molar-refractivity contribution in [1.82, 2.24) is 0 Å². The van der Waals surface area contributed by atoms with Crippen molar-refractivity contribution in [2.75, 3.05) is 11.4 Å². The number of ether oxygens (including phenoxy) is 1. The van der Waals surface area contributed by atoms with Crippen molar-refractivity contribution in [3.8, 4) is 0 Å². The SMILES string of the molecule is CC(C)(C)OC(=O)N1CC(C)(C)c2cc([N+](=O)[O-])ccc21. The maximum absolute atomic E-state index is 12.3. The lowest BCUT2D eigenvalue weighted by Gasteiger charge is -2.25. The minimum atomic E-state index is -0.579. The Kier molecular flexibility index (Phi) is 3.43. The Morgan fingerprint density at radius 2 is 2.00 bits per heavy atom. The van der Waals surface area contributed by atoms with E-state index in [4.69, 9.17) is 4.74 Å². The van der Waals surface area contributed by atoms with Crippen molar-refractivity contribution in [2.24, 2.45) is 0 Å². The summed E-state index contributed by atoms with van der Waals surface area (Å²) in [5, 5.41) is 10.9. The molecule has 1 aromatic carbocycles. The molecule has 0 radical (unpaired) electrons. The predicted octanol–water partition coefficient (Wildman–Crippen LogP) is 3.63. The lowest BCUT2D eigenvalue weighted by molar-refractivity contribution is -0.384. The Morgan fingerprint density at radius 1 is 1.38 bits per heavy atom. The number of carbonyl (C=O) groups is 1. The molecule has 6 heteroatoms. The number of amides is 1. The van der Waals surface area contributed by atoms with E-state index < -0.39 is 16.6 Å². The monoisotopic (exact) mass is 292 g/mol. The van der Waals surface area contributed by atoms with Crippen LogP contribution in [0.5, 0.6) is 0 Å². The first kappa shape index (κ1) is 15.3. The van der Waals surface area contributed by atoms with Gasteiger partial charge in [0.15, 0.2) is 0 Å². The van der Waals surface area contributed by atoms with E-state index in [1.807, 2.05) is 34.6 Å². The van der Waals surface area contributed by atoms with Gasteiger partial charge >= 0.3 is 6.09 Å². The summed E-state index contributed by atoms with van der Waals surface area (Å²) in [7, 11) is 0. The highest BCUT2D eigenvalue weighted by atomic mass is 16.6. The maximum atomic E-state index is 12.3. The third-order valence-electron chi connectivity index (χ3n) is 3.38. The minimum Gasteiger partial charge on any atom is -0.443 e. The van der Waals surface area contributed by atoms with Crippen LogP contribution < -0.4 is 4.90 Å². The van der Waals surface area contributed by atoms with Crippen LogP contribution >= 0.6 is 0 Å². The van der Waals surface area contributed by atoms with E-state index >= 15 is 0 Å². The van der Waals surface area contributed by atoms with E-state index in [1.165, 1.54) is 6.07 Å². The molecule has 0 saturated carbocycles. The summed E-state index contributed by atoms with van der Waals surface area (Å²) in [6, 6.07) is 4.57. The molecule has 0 aliphatic carbocycles. The number of nitro benzene ring substituents is 1. The number of benzene rings is 1. The van der Waals surface area contributed by atoms with Crippen molar-refractivity contribution in [3.63, 3.8) is 0 Å². The number of hydrogen-bond acceptors (Lipinski definition) is 4. The van der Waals surface area contributed by atoms with E-state index in [0.717, 1.165) is 5.56 Å². The average molecular weight is 292 g/mol. The van der Waals surface area contributed by atoms with Crippen LogP contribution in [0, 0.1) is 10.1 Å². The molecular formula is C15H20N2O4. The summed E-state index contributed by atoms with van der Waals surface area (Å²) in [6.45, 7) is 9.78. The van der Waals surface area contributed by atoms with E-state index in [-0.39, 0.29) is 11.1 Å². The Balaban J connectivity index is 2.40. The van der Waals surface area contributed by atoms with Gasteiger partial charge in [0, 0.05) is 24.1 Å². The highest BCUT2D eigenvalue weighted by molar-refractivity contribution is 5.92. The van der Waals surface area contributed by atoms with Gasteiger partial charge in [0.1, 0.15) is 5.60 Å². The summed E-state index contributed by atoms with van der Waals surface area (Å²) in [5.74, 6) is 0. The molecule has 0 bridgehead atoms. The molecule has 1 aromatic rings. The standard InChI is InChI=1S/C15H20N2O4/c1-14(2,3)21-13(18)16-9-15(4,5)11-8-10(17(19)20)6-7-12(11)16/h6-8H,9H2,1-5H3. The Morgan fingerprint density at radius 3 is 2.52 bits per heavy atom. The van der Waals surface area contributed by atoms with Gasteiger partial charge in [-0.2, -0.15) is 0 Å². The fourth-order valence-corrected chi connectivity index (χ4v) is 2.46. The van der Waals surface area contributed by atoms with Crippen molar-refractivity contribution in [1.29, 1.82) is 0 Å². The Bertz CT molecular complexity index is 602. The minimum absolute atomic E-state index is 0.0351. The van der Waals surface area contributed by atoms with Crippen molar-refractivity contribution in [3.05, 3.63) is 33.9 Å². The second-order valence-corrected chi connectivity index (χ2v) is 6.91. The lowest BCUT2D eigenvalue weighted by Crippen LogP contribution is -2.38. The Labute approximate surface area is 123 Å². The fourth-order valence-electron chi connectivity index (χ4n) is 2.46. The largest absolute Gasteiger partial charge is 0.443 e. The van der Waals surface area contributed by atoms with Gasteiger partial charge in [-0.1, -0.05) is 13.8 Å². The van der Waals surface area contributed by atoms with Crippen molar-refractivity contribution in [2.45, 2.75) is 45.6 Å². The van der Waals surface area contributed by atoms with Gasteiger partial charge in [0.25, 0.3) is 5.69 Å². The highest BCUT2D eigenvalue weighted by Crippen LogP contribution is 2.42. The van der Waals surface area contributed by atoms with E-state index in [1.54, 1.807) is 17.0 Å². The third-order valence-corrected chi connectivity index (χ3v) is 3.38. The molecule has 1 aliphatic heterocycles. The quantitative estimate of drug-likeness (QED) is 0.585.